The molecule has 322 valence electrons. The van der Waals surface area contributed by atoms with Crippen LogP contribution in [-0.2, 0) is 42.7 Å². The highest BCUT2D eigenvalue weighted by Gasteiger charge is 2.53. The summed E-state index contributed by atoms with van der Waals surface area (Å²) in [4.78, 5) is 26.7. The lowest BCUT2D eigenvalue weighted by Gasteiger charge is -2.51. The van der Waals surface area contributed by atoms with E-state index < -0.39 is 85.3 Å². The minimum absolute atomic E-state index is 0.0221. The van der Waals surface area contributed by atoms with Gasteiger partial charge in [-0.1, -0.05) is 34.3 Å². The van der Waals surface area contributed by atoms with Crippen molar-refractivity contribution < 1.29 is 68.3 Å². The smallest absolute Gasteiger partial charge is 0.308 e. The Morgan fingerprint density at radius 1 is 0.754 bits per heavy atom. The van der Waals surface area contributed by atoms with Crippen LogP contribution in [0.2, 0.25) is 0 Å². The summed E-state index contributed by atoms with van der Waals surface area (Å²) < 4.78 is 45.0. The Hall–Kier alpha value is -1.82. The minimum Gasteiger partial charge on any atom is -0.459 e. The van der Waals surface area contributed by atoms with Crippen LogP contribution < -0.4 is 0 Å². The van der Waals surface area contributed by atoms with E-state index in [1.807, 2.05) is 6.92 Å². The van der Waals surface area contributed by atoms with Gasteiger partial charge in [-0.25, -0.2) is 0 Å². The first-order chi connectivity index (χ1) is 27.1. The average molecular weight is 807 g/mol. The molecule has 9 heterocycles. The third-order valence-electron chi connectivity index (χ3n) is 14.0. The second kappa shape index (κ2) is 18.0. The third kappa shape index (κ3) is 9.57. The summed E-state index contributed by atoms with van der Waals surface area (Å²) in [6, 6.07) is 0. The highest BCUT2D eigenvalue weighted by atomic mass is 16.6. The average Bonchev–Trinajstić information content (AvgIpc) is 3.46. The maximum absolute atomic E-state index is 13.8. The number of aliphatic hydroxyl groups excluding tert-OH is 5. The van der Waals surface area contributed by atoms with Gasteiger partial charge in [-0.15, -0.1) is 0 Å². The molecule has 8 bridgehead atoms. The highest BCUT2D eigenvalue weighted by Crippen LogP contribution is 2.45. The van der Waals surface area contributed by atoms with Crippen LogP contribution >= 0.6 is 0 Å². The number of hydrogen-bond acceptors (Lipinski definition) is 14. The third-order valence-corrected chi connectivity index (χ3v) is 14.0. The molecule has 0 aromatic heterocycles. The normalized spacial score (nSPS) is 49.1. The van der Waals surface area contributed by atoms with Crippen LogP contribution in [0, 0.1) is 17.3 Å². The Morgan fingerprint density at radius 3 is 2.26 bits per heavy atom. The lowest BCUT2D eigenvalue weighted by molar-refractivity contribution is -0.278. The molecule has 0 aromatic rings. The van der Waals surface area contributed by atoms with E-state index >= 15 is 0 Å². The van der Waals surface area contributed by atoms with Crippen molar-refractivity contribution in [3.63, 3.8) is 0 Å². The van der Waals surface area contributed by atoms with Gasteiger partial charge in [0.05, 0.1) is 73.6 Å². The number of carbonyl (C=O) groups is 2. The molecule has 0 aliphatic carbocycles. The zero-order chi connectivity index (χ0) is 40.8. The van der Waals surface area contributed by atoms with Gasteiger partial charge in [-0.2, -0.15) is 0 Å². The molecule has 19 atom stereocenters. The summed E-state index contributed by atoms with van der Waals surface area (Å²) in [5, 5.41) is 53.7. The van der Waals surface area contributed by atoms with Gasteiger partial charge in [0.2, 0.25) is 0 Å². The van der Waals surface area contributed by atoms with Gasteiger partial charge in [0.25, 0.3) is 0 Å². The molecular weight excluding hydrogens is 740 g/mol. The Bertz CT molecular complexity index is 1450. The predicted octanol–water partition coefficient (Wildman–Crippen LogP) is 2.61. The van der Waals surface area contributed by atoms with Crippen molar-refractivity contribution in [3.8, 4) is 0 Å². The largest absolute Gasteiger partial charge is 0.459 e. The lowest BCUT2D eigenvalue weighted by atomic mass is 9.78. The van der Waals surface area contributed by atoms with Crippen molar-refractivity contribution >= 4 is 11.8 Å². The SMILES string of the molecule is C=C1C(C)CC2CCC3OC(CCC(=O)/C=C/C(O)[C@@H]4OC5CCC(CC(=O)OC6[C@@H](C)C7OC(CCO)C(O)CC7O[C@H]6CC1O2)OC5C(O)[C@@H]4O)CC3(C)C. The fraction of sp³-hybridized carbons (Fsp3) is 0.860. The number of ketones is 1. The summed E-state index contributed by atoms with van der Waals surface area (Å²) in [6.07, 6.45) is -3.64. The fourth-order valence-electron chi connectivity index (χ4n) is 10.6. The molecule has 15 unspecified atom stereocenters. The quantitative estimate of drug-likeness (QED) is 0.202. The molecule has 0 saturated carbocycles. The summed E-state index contributed by atoms with van der Waals surface area (Å²) in [7, 11) is 0. The van der Waals surface area contributed by atoms with Crippen LogP contribution in [0.1, 0.15) is 105 Å². The first-order valence-electron chi connectivity index (χ1n) is 21.5. The molecule has 0 radical (unpaired) electrons. The van der Waals surface area contributed by atoms with Crippen LogP contribution in [0.15, 0.2) is 24.3 Å². The minimum atomic E-state index is -1.51. The van der Waals surface area contributed by atoms with Crippen molar-refractivity contribution in [1.29, 1.82) is 0 Å². The van der Waals surface area contributed by atoms with E-state index in [1.165, 1.54) is 12.2 Å². The Kier molecular flexibility index (Phi) is 13.7. The second-order valence-electron chi connectivity index (χ2n) is 18.7. The molecular formula is C43H66O14. The Labute approximate surface area is 336 Å². The molecule has 6 saturated heterocycles. The molecule has 9 rings (SSSR count). The molecule has 57 heavy (non-hydrogen) atoms. The number of fused-ring (bicyclic) bond motifs is 3. The van der Waals surface area contributed by atoms with Gasteiger partial charge < -0.3 is 58.7 Å². The number of allylic oxidation sites excluding steroid dienone is 1. The van der Waals surface area contributed by atoms with Crippen LogP contribution in [0.3, 0.4) is 0 Å². The van der Waals surface area contributed by atoms with E-state index in [2.05, 4.69) is 27.4 Å². The second-order valence-corrected chi connectivity index (χ2v) is 18.7. The van der Waals surface area contributed by atoms with E-state index in [1.54, 1.807) is 0 Å². The Morgan fingerprint density at radius 2 is 1.49 bits per heavy atom. The zero-order valence-corrected chi connectivity index (χ0v) is 33.9. The number of esters is 1. The first-order valence-corrected chi connectivity index (χ1v) is 21.5. The van der Waals surface area contributed by atoms with Crippen molar-refractivity contribution in [2.45, 2.75) is 209 Å². The van der Waals surface area contributed by atoms with Gasteiger partial charge in [0.15, 0.2) is 5.78 Å². The van der Waals surface area contributed by atoms with E-state index in [-0.39, 0.29) is 73.3 Å². The standard InChI is InChI=1S/C43H66O14/c1-21-16-25-10-13-35-43(4,5)20-27(52-35)8-6-24(45)7-11-28(46)41-37(49)38(50)42-31(56-41)12-9-26(53-42)17-36(48)57-40-23(3)39-33(18-29(47)30(55-39)14-15-44)54-34(40)19-32(51-25)22(21)2/h7,11,21,23,25-35,37-42,44,46-47,49-50H,2,6,8-10,12-20H2,1,3-5H3/b11-7+/t21?,23-,25?,26?,27?,28?,29?,30?,31?,32?,33?,34-,35?,37-,38?,39?,40?,41-,42?/m0/s1. The maximum atomic E-state index is 13.8. The van der Waals surface area contributed by atoms with E-state index in [4.69, 9.17) is 33.2 Å². The van der Waals surface area contributed by atoms with Gasteiger partial charge in [-0.3, -0.25) is 9.59 Å². The zero-order valence-electron chi connectivity index (χ0n) is 33.9. The lowest BCUT2D eigenvalue weighted by Crippen LogP contribution is -2.63. The van der Waals surface area contributed by atoms with E-state index in [0.29, 0.717) is 32.1 Å². The summed E-state index contributed by atoms with van der Waals surface area (Å²) in [5.74, 6) is -0.847. The van der Waals surface area contributed by atoms with Crippen LogP contribution in [0.5, 0.6) is 0 Å². The van der Waals surface area contributed by atoms with E-state index in [0.717, 1.165) is 31.3 Å². The van der Waals surface area contributed by atoms with Crippen LogP contribution in [0.4, 0.5) is 0 Å². The van der Waals surface area contributed by atoms with Crippen molar-refractivity contribution in [1.82, 2.24) is 0 Å². The molecule has 6 fully saturated rings. The van der Waals surface area contributed by atoms with Gasteiger partial charge in [0, 0.05) is 31.8 Å². The molecule has 0 aromatic carbocycles. The molecule has 14 nitrogen and oxygen atoms in total. The van der Waals surface area contributed by atoms with E-state index in [9.17, 15) is 35.1 Å². The number of rotatable bonds is 2. The molecule has 9 aliphatic heterocycles. The topological polar surface area (TPSA) is 200 Å². The summed E-state index contributed by atoms with van der Waals surface area (Å²) >= 11 is 0. The number of ether oxygens (including phenoxy) is 7. The first kappa shape index (κ1) is 43.3. The number of hydrogen-bond donors (Lipinski definition) is 5. The fourth-order valence-corrected chi connectivity index (χ4v) is 10.6. The van der Waals surface area contributed by atoms with Gasteiger partial charge in [0.1, 0.15) is 36.6 Å². The molecule has 5 N–H and O–H groups in total. The maximum Gasteiger partial charge on any atom is 0.308 e. The monoisotopic (exact) mass is 806 g/mol. The summed E-state index contributed by atoms with van der Waals surface area (Å²) in [5.41, 5.74) is 0.850. The summed E-state index contributed by atoms with van der Waals surface area (Å²) in [6.45, 7) is 12.8. The van der Waals surface area contributed by atoms with Crippen LogP contribution in [-0.4, -0.2) is 148 Å². The van der Waals surface area contributed by atoms with Crippen molar-refractivity contribution in [2.24, 2.45) is 17.3 Å². The molecule has 14 heteroatoms. The number of carbonyl (C=O) groups excluding carboxylic acids is 2. The molecule has 0 amide bonds. The molecule has 9 aliphatic rings. The Balaban J connectivity index is 1.13. The number of aliphatic hydroxyl groups is 5. The van der Waals surface area contributed by atoms with Crippen molar-refractivity contribution in [3.05, 3.63) is 24.3 Å². The van der Waals surface area contributed by atoms with Gasteiger partial charge in [-0.05, 0) is 80.4 Å². The highest BCUT2D eigenvalue weighted by molar-refractivity contribution is 5.89. The van der Waals surface area contributed by atoms with Gasteiger partial charge >= 0.3 is 5.97 Å². The van der Waals surface area contributed by atoms with Crippen molar-refractivity contribution in [2.75, 3.05) is 6.61 Å². The molecule has 0 spiro atoms. The van der Waals surface area contributed by atoms with Crippen LogP contribution in [0.25, 0.3) is 0 Å². The predicted molar refractivity (Wildman–Crippen MR) is 204 cm³/mol.